The van der Waals surface area contributed by atoms with E-state index in [1.165, 1.54) is 12.8 Å². The molecule has 2 unspecified atom stereocenters. The van der Waals surface area contributed by atoms with E-state index < -0.39 is 0 Å². The predicted octanol–water partition coefficient (Wildman–Crippen LogP) is 3.40. The summed E-state index contributed by atoms with van der Waals surface area (Å²) >= 11 is 1.16. The van der Waals surface area contributed by atoms with Crippen molar-refractivity contribution in [3.63, 3.8) is 0 Å². The van der Waals surface area contributed by atoms with Crippen LogP contribution in [0.15, 0.2) is 6.08 Å². The molecule has 0 amide bonds. The minimum absolute atomic E-state index is 0.0402. The van der Waals surface area contributed by atoms with Gasteiger partial charge in [0.2, 0.25) is 6.73 Å². The first kappa shape index (κ1) is 27.5. The number of esters is 2. The fourth-order valence-corrected chi connectivity index (χ4v) is 5.16. The van der Waals surface area contributed by atoms with Crippen LogP contribution < -0.4 is 4.74 Å². The summed E-state index contributed by atoms with van der Waals surface area (Å²) in [6.45, 7) is 6.46. The Morgan fingerprint density at radius 2 is 1.89 bits per heavy atom. The fourth-order valence-electron chi connectivity index (χ4n) is 4.63. The number of carbonyl (C=O) groups is 2. The molecule has 3 rings (SSSR count). The number of quaternary nitrogens is 2. The topological polar surface area (TPSA) is 87.6 Å². The van der Waals surface area contributed by atoms with Crippen molar-refractivity contribution in [1.82, 2.24) is 8.75 Å². The molecule has 2 aliphatic rings. The molecule has 1 aromatic heterocycles. The van der Waals surface area contributed by atoms with Gasteiger partial charge >= 0.3 is 11.9 Å². The molecule has 2 aliphatic heterocycles. The van der Waals surface area contributed by atoms with Crippen LogP contribution in [0.2, 0.25) is 0 Å². The molecule has 0 N–H and O–H groups in total. The van der Waals surface area contributed by atoms with Gasteiger partial charge in [-0.25, -0.2) is 0 Å². The van der Waals surface area contributed by atoms with E-state index in [0.29, 0.717) is 23.5 Å². The first-order chi connectivity index (χ1) is 16.7. The molecule has 1 aromatic rings. The van der Waals surface area contributed by atoms with Crippen LogP contribution in [0.1, 0.15) is 64.0 Å². The van der Waals surface area contributed by atoms with Crippen LogP contribution >= 0.6 is 11.7 Å². The van der Waals surface area contributed by atoms with Gasteiger partial charge in [-0.1, -0.05) is 32.3 Å². The van der Waals surface area contributed by atoms with E-state index in [9.17, 15) is 9.59 Å². The van der Waals surface area contributed by atoms with E-state index in [1.807, 2.05) is 0 Å². The Hall–Kier alpha value is -2.04. The molecule has 1 saturated heterocycles. The molecule has 0 radical (unpaired) electrons. The van der Waals surface area contributed by atoms with Crippen LogP contribution in [0.4, 0.5) is 0 Å². The van der Waals surface area contributed by atoms with Crippen molar-refractivity contribution in [2.45, 2.75) is 64.4 Å². The van der Waals surface area contributed by atoms with Gasteiger partial charge in [0.05, 0.1) is 65.4 Å². The van der Waals surface area contributed by atoms with Gasteiger partial charge in [-0.15, -0.1) is 4.37 Å². The summed E-state index contributed by atoms with van der Waals surface area (Å²) in [7, 11) is 6.33. The minimum Gasteiger partial charge on any atom is -0.475 e. The predicted molar refractivity (Wildman–Crippen MR) is 135 cm³/mol. The smallest absolute Gasteiger partial charge is 0.310 e. The highest BCUT2D eigenvalue weighted by Gasteiger charge is 2.34. The number of carbonyl (C=O) groups excluding carboxylic acids is 2. The summed E-state index contributed by atoms with van der Waals surface area (Å²) in [6, 6.07) is 0. The van der Waals surface area contributed by atoms with Gasteiger partial charge in [-0.2, -0.15) is 4.37 Å². The highest BCUT2D eigenvalue weighted by Crippen LogP contribution is 2.30. The summed E-state index contributed by atoms with van der Waals surface area (Å²) < 4.78 is 27.3. The number of nitrogens with zero attached hydrogens (tertiary/aromatic N) is 4. The maximum absolute atomic E-state index is 12.3. The normalized spacial score (nSPS) is 23.5. The molecule has 3 heterocycles. The number of hydrogen-bond acceptors (Lipinski definition) is 8. The van der Waals surface area contributed by atoms with E-state index in [2.05, 4.69) is 42.9 Å². The number of ether oxygens (including phenoxy) is 3. The average molecular weight is 511 g/mol. The third-order valence-corrected chi connectivity index (χ3v) is 7.25. The standard InChI is InChI=1S/C25H42N4O5S/c1-5-6-7-8-16-32-25-24(26-35-27-25)20-10-9-14-29(4,17-20)19-33-22(30)11-12-23(31)34-21-13-15-28(2,3)18-21/h10,21H,5-9,11-19H2,1-4H3/q+2. The van der Waals surface area contributed by atoms with Crippen LogP contribution in [0, 0.1) is 0 Å². The number of likely N-dealkylation sites (N-methyl/N-ethyl adjacent to an activating group) is 2. The maximum atomic E-state index is 12.3. The van der Waals surface area contributed by atoms with Crippen LogP contribution in [0.5, 0.6) is 5.88 Å². The molecule has 0 spiro atoms. The number of aromatic nitrogens is 2. The van der Waals surface area contributed by atoms with Gasteiger partial charge in [0.15, 0.2) is 6.10 Å². The monoisotopic (exact) mass is 510 g/mol. The van der Waals surface area contributed by atoms with Crippen molar-refractivity contribution >= 4 is 29.2 Å². The SMILES string of the molecule is CCCCCCOc1nsnc1C1=CCC[N+](C)(COC(=O)CCC(=O)OC2CC[N+](C)(C)C2)C1. The molecule has 0 aliphatic carbocycles. The Labute approximate surface area is 213 Å². The number of hydrogen-bond donors (Lipinski definition) is 0. The van der Waals surface area contributed by atoms with Crippen LogP contribution in [0.3, 0.4) is 0 Å². The van der Waals surface area contributed by atoms with Crippen LogP contribution in [0.25, 0.3) is 5.57 Å². The summed E-state index contributed by atoms with van der Waals surface area (Å²) in [5.74, 6) is -0.0896. The molecule has 9 nitrogen and oxygen atoms in total. The largest absolute Gasteiger partial charge is 0.475 e. The maximum Gasteiger partial charge on any atom is 0.310 e. The minimum atomic E-state index is -0.369. The van der Waals surface area contributed by atoms with Crippen molar-refractivity contribution in [3.8, 4) is 5.88 Å². The molecular weight excluding hydrogens is 468 g/mol. The third-order valence-electron chi connectivity index (χ3n) is 6.73. The van der Waals surface area contributed by atoms with Crippen molar-refractivity contribution in [2.75, 3.05) is 60.7 Å². The molecule has 10 heteroatoms. The van der Waals surface area contributed by atoms with Crippen molar-refractivity contribution in [1.29, 1.82) is 0 Å². The van der Waals surface area contributed by atoms with E-state index in [-0.39, 0.29) is 37.6 Å². The zero-order valence-corrected chi connectivity index (χ0v) is 22.6. The van der Waals surface area contributed by atoms with E-state index in [1.54, 1.807) is 0 Å². The zero-order valence-electron chi connectivity index (χ0n) is 21.8. The van der Waals surface area contributed by atoms with Crippen LogP contribution in [-0.4, -0.2) is 96.4 Å². The number of rotatable bonds is 13. The second kappa shape index (κ2) is 12.8. The van der Waals surface area contributed by atoms with Gasteiger partial charge in [-0.05, 0) is 6.42 Å². The Morgan fingerprint density at radius 1 is 1.09 bits per heavy atom. The molecule has 0 aromatic carbocycles. The van der Waals surface area contributed by atoms with E-state index in [0.717, 1.165) is 72.8 Å². The summed E-state index contributed by atoms with van der Waals surface area (Å²) in [6.07, 6.45) is 8.53. The lowest BCUT2D eigenvalue weighted by Gasteiger charge is -2.36. The Morgan fingerprint density at radius 3 is 2.63 bits per heavy atom. The Balaban J connectivity index is 1.41. The lowest BCUT2D eigenvalue weighted by atomic mass is 10.1. The second-order valence-corrected chi connectivity index (χ2v) is 11.3. The van der Waals surface area contributed by atoms with Gasteiger partial charge < -0.3 is 18.7 Å². The molecule has 1 fully saturated rings. The van der Waals surface area contributed by atoms with Gasteiger partial charge in [0.25, 0.3) is 5.88 Å². The molecule has 2 atom stereocenters. The van der Waals surface area contributed by atoms with Crippen molar-refractivity contribution < 1.29 is 32.8 Å². The van der Waals surface area contributed by atoms with Gasteiger partial charge in [0.1, 0.15) is 18.8 Å². The second-order valence-electron chi connectivity index (χ2n) is 10.7. The summed E-state index contributed by atoms with van der Waals surface area (Å²) in [4.78, 5) is 24.5. The number of likely N-dealkylation sites (tertiary alicyclic amines) is 1. The molecule has 35 heavy (non-hydrogen) atoms. The first-order valence-electron chi connectivity index (χ1n) is 12.9. The fraction of sp³-hybridized carbons (Fsp3) is 0.760. The molecule has 196 valence electrons. The first-order valence-corrected chi connectivity index (χ1v) is 13.6. The number of unbranched alkanes of at least 4 members (excludes halogenated alkanes) is 3. The van der Waals surface area contributed by atoms with E-state index in [4.69, 9.17) is 14.2 Å². The van der Waals surface area contributed by atoms with Gasteiger partial charge in [-0.3, -0.25) is 14.1 Å². The molecule has 0 bridgehead atoms. The zero-order chi connectivity index (χ0) is 25.3. The summed E-state index contributed by atoms with van der Waals surface area (Å²) in [5, 5.41) is 0. The molecule has 0 saturated carbocycles. The Bertz CT molecular complexity index is 887. The summed E-state index contributed by atoms with van der Waals surface area (Å²) in [5.41, 5.74) is 1.88. The third kappa shape index (κ3) is 8.84. The van der Waals surface area contributed by atoms with Crippen LogP contribution in [-0.2, 0) is 19.1 Å². The Kier molecular flexibility index (Phi) is 10.1. The van der Waals surface area contributed by atoms with Crippen molar-refractivity contribution in [3.05, 3.63) is 11.8 Å². The highest BCUT2D eigenvalue weighted by molar-refractivity contribution is 6.99. The molecular formula is C25H42N4O5S+2. The quantitative estimate of drug-likeness (QED) is 0.228. The van der Waals surface area contributed by atoms with E-state index >= 15 is 0 Å². The average Bonchev–Trinajstić information content (AvgIpc) is 3.42. The van der Waals surface area contributed by atoms with Crippen molar-refractivity contribution in [2.24, 2.45) is 0 Å². The highest BCUT2D eigenvalue weighted by atomic mass is 32.1. The lowest BCUT2D eigenvalue weighted by molar-refractivity contribution is -0.919. The van der Waals surface area contributed by atoms with Gasteiger partial charge in [0, 0.05) is 18.4 Å². The lowest BCUT2D eigenvalue weighted by Crippen LogP contribution is -2.49.